The first-order valence-electron chi connectivity index (χ1n) is 4.75. The molecule has 0 aromatic carbocycles. The number of nitrogens with zero attached hydrogens (tertiary/aromatic N) is 1. The molecule has 1 aliphatic heterocycles. The fourth-order valence-electron chi connectivity index (χ4n) is 2.12. The van der Waals surface area contributed by atoms with E-state index in [-0.39, 0.29) is 6.04 Å². The van der Waals surface area contributed by atoms with Crippen molar-refractivity contribution in [3.63, 3.8) is 0 Å². The molecule has 3 N–H and O–H groups in total. The maximum atomic E-state index is 10.7. The van der Waals surface area contributed by atoms with Crippen molar-refractivity contribution < 1.29 is 9.90 Å². The Morgan fingerprint density at radius 2 is 2.31 bits per heavy atom. The third-order valence-electron chi connectivity index (χ3n) is 2.92. The van der Waals surface area contributed by atoms with Gasteiger partial charge < -0.3 is 15.7 Å². The summed E-state index contributed by atoms with van der Waals surface area (Å²) < 4.78 is 0. The minimum atomic E-state index is -0.810. The molecule has 0 aliphatic carbocycles. The lowest BCUT2D eigenvalue weighted by atomic mass is 9.82. The van der Waals surface area contributed by atoms with E-state index in [0.29, 0.717) is 24.9 Å². The Kier molecular flexibility index (Phi) is 3.14. The summed E-state index contributed by atoms with van der Waals surface area (Å²) in [5.41, 5.74) is 5.81. The Morgan fingerprint density at radius 3 is 2.69 bits per heavy atom. The van der Waals surface area contributed by atoms with Crippen LogP contribution in [-0.2, 0) is 0 Å². The molecule has 1 aliphatic rings. The normalized spacial score (nSPS) is 31.5. The topological polar surface area (TPSA) is 66.6 Å². The first-order valence-corrected chi connectivity index (χ1v) is 4.75. The van der Waals surface area contributed by atoms with E-state index >= 15 is 0 Å². The number of carbonyl (C=O) groups is 1. The first kappa shape index (κ1) is 10.3. The van der Waals surface area contributed by atoms with Crippen molar-refractivity contribution in [3.05, 3.63) is 0 Å². The summed E-state index contributed by atoms with van der Waals surface area (Å²) >= 11 is 0. The fourth-order valence-corrected chi connectivity index (χ4v) is 2.12. The monoisotopic (exact) mass is 186 g/mol. The van der Waals surface area contributed by atoms with Gasteiger partial charge in [0.15, 0.2) is 0 Å². The summed E-state index contributed by atoms with van der Waals surface area (Å²) in [5.74, 6) is 0.848. The van der Waals surface area contributed by atoms with Gasteiger partial charge in [-0.05, 0) is 25.2 Å². The second-order valence-electron chi connectivity index (χ2n) is 4.02. The Balaban J connectivity index is 2.51. The molecule has 0 aromatic rings. The summed E-state index contributed by atoms with van der Waals surface area (Å²) in [6.45, 7) is 5.33. The van der Waals surface area contributed by atoms with Crippen LogP contribution in [0.25, 0.3) is 0 Å². The van der Waals surface area contributed by atoms with Crippen molar-refractivity contribution in [1.82, 2.24) is 4.90 Å². The zero-order valence-electron chi connectivity index (χ0n) is 8.23. The number of piperidine rings is 1. The molecule has 0 saturated carbocycles. The van der Waals surface area contributed by atoms with Gasteiger partial charge >= 0.3 is 6.09 Å². The van der Waals surface area contributed by atoms with E-state index in [0.717, 1.165) is 6.42 Å². The zero-order valence-corrected chi connectivity index (χ0v) is 8.23. The van der Waals surface area contributed by atoms with E-state index in [4.69, 9.17) is 10.8 Å². The smallest absolute Gasteiger partial charge is 0.407 e. The Morgan fingerprint density at radius 1 is 1.69 bits per heavy atom. The van der Waals surface area contributed by atoms with Crippen LogP contribution in [0.1, 0.15) is 20.3 Å². The van der Waals surface area contributed by atoms with E-state index < -0.39 is 6.09 Å². The Hall–Kier alpha value is -0.770. The summed E-state index contributed by atoms with van der Waals surface area (Å²) in [6, 6.07) is 0.172. The molecular weight excluding hydrogens is 168 g/mol. The van der Waals surface area contributed by atoms with Gasteiger partial charge in [-0.25, -0.2) is 4.79 Å². The Bertz CT molecular complexity index is 194. The van der Waals surface area contributed by atoms with Crippen LogP contribution >= 0.6 is 0 Å². The molecule has 1 fully saturated rings. The lowest BCUT2D eigenvalue weighted by Gasteiger charge is -2.37. The molecule has 0 bridgehead atoms. The molecule has 0 radical (unpaired) electrons. The summed E-state index contributed by atoms with van der Waals surface area (Å²) in [7, 11) is 0. The van der Waals surface area contributed by atoms with Crippen LogP contribution in [0.2, 0.25) is 0 Å². The molecule has 1 amide bonds. The number of hydrogen-bond donors (Lipinski definition) is 2. The largest absolute Gasteiger partial charge is 0.465 e. The Labute approximate surface area is 78.7 Å². The van der Waals surface area contributed by atoms with E-state index in [2.05, 4.69) is 6.92 Å². The predicted octanol–water partition coefficient (Wildman–Crippen LogP) is 0.970. The van der Waals surface area contributed by atoms with Gasteiger partial charge in [0.05, 0.1) is 0 Å². The molecule has 1 unspecified atom stereocenters. The van der Waals surface area contributed by atoms with Gasteiger partial charge in [0.1, 0.15) is 0 Å². The van der Waals surface area contributed by atoms with Crippen molar-refractivity contribution in [2.45, 2.75) is 26.3 Å². The molecule has 4 nitrogen and oxygen atoms in total. The SMILES string of the molecule is CC(N)[C@@H]1CCN(C(=O)O)C[C@@H]1C. The minimum absolute atomic E-state index is 0.172. The van der Waals surface area contributed by atoms with Gasteiger partial charge in [-0.2, -0.15) is 0 Å². The highest BCUT2D eigenvalue weighted by Crippen LogP contribution is 2.25. The molecular formula is C9H18N2O2. The average Bonchev–Trinajstić information content (AvgIpc) is 2.03. The summed E-state index contributed by atoms with van der Waals surface area (Å²) in [4.78, 5) is 12.1. The maximum absolute atomic E-state index is 10.7. The molecule has 4 heteroatoms. The third-order valence-corrected chi connectivity index (χ3v) is 2.92. The average molecular weight is 186 g/mol. The summed E-state index contributed by atoms with van der Waals surface area (Å²) in [5, 5.41) is 8.78. The molecule has 1 heterocycles. The molecule has 0 aromatic heterocycles. The van der Waals surface area contributed by atoms with Crippen molar-refractivity contribution in [1.29, 1.82) is 0 Å². The van der Waals surface area contributed by atoms with Gasteiger partial charge in [-0.15, -0.1) is 0 Å². The number of hydrogen-bond acceptors (Lipinski definition) is 2. The quantitative estimate of drug-likeness (QED) is 0.641. The van der Waals surface area contributed by atoms with Crippen molar-refractivity contribution in [2.75, 3.05) is 13.1 Å². The van der Waals surface area contributed by atoms with Gasteiger partial charge in [0.25, 0.3) is 0 Å². The van der Waals surface area contributed by atoms with Crippen LogP contribution in [0.15, 0.2) is 0 Å². The molecule has 13 heavy (non-hydrogen) atoms. The van der Waals surface area contributed by atoms with Crippen molar-refractivity contribution >= 4 is 6.09 Å². The van der Waals surface area contributed by atoms with Gasteiger partial charge in [0, 0.05) is 19.1 Å². The van der Waals surface area contributed by atoms with Gasteiger partial charge in [-0.1, -0.05) is 6.92 Å². The number of likely N-dealkylation sites (tertiary alicyclic amines) is 1. The second kappa shape index (κ2) is 3.96. The highest BCUT2D eigenvalue weighted by atomic mass is 16.4. The van der Waals surface area contributed by atoms with Crippen LogP contribution in [0, 0.1) is 11.8 Å². The lowest BCUT2D eigenvalue weighted by Crippen LogP contribution is -2.46. The van der Waals surface area contributed by atoms with Gasteiger partial charge in [-0.3, -0.25) is 0 Å². The molecule has 0 spiro atoms. The van der Waals surface area contributed by atoms with E-state index in [9.17, 15) is 4.79 Å². The predicted molar refractivity (Wildman–Crippen MR) is 50.5 cm³/mol. The number of nitrogens with two attached hydrogens (primary N) is 1. The first-order chi connectivity index (χ1) is 6.02. The maximum Gasteiger partial charge on any atom is 0.407 e. The van der Waals surface area contributed by atoms with E-state index in [1.165, 1.54) is 4.90 Å². The van der Waals surface area contributed by atoms with Crippen molar-refractivity contribution in [3.8, 4) is 0 Å². The van der Waals surface area contributed by atoms with E-state index in [1.54, 1.807) is 0 Å². The lowest BCUT2D eigenvalue weighted by molar-refractivity contribution is 0.0954. The van der Waals surface area contributed by atoms with Crippen LogP contribution in [-0.4, -0.2) is 35.2 Å². The number of carboxylic acid groups (broad SMARTS) is 1. The minimum Gasteiger partial charge on any atom is -0.465 e. The van der Waals surface area contributed by atoms with Crippen LogP contribution in [0.4, 0.5) is 4.79 Å². The molecule has 3 atom stereocenters. The van der Waals surface area contributed by atoms with E-state index in [1.807, 2.05) is 6.92 Å². The van der Waals surface area contributed by atoms with Crippen LogP contribution < -0.4 is 5.73 Å². The highest BCUT2D eigenvalue weighted by Gasteiger charge is 2.30. The highest BCUT2D eigenvalue weighted by molar-refractivity contribution is 5.65. The number of amides is 1. The zero-order chi connectivity index (χ0) is 10.0. The fraction of sp³-hybridized carbons (Fsp3) is 0.889. The number of rotatable bonds is 1. The second-order valence-corrected chi connectivity index (χ2v) is 4.02. The van der Waals surface area contributed by atoms with Crippen LogP contribution in [0.5, 0.6) is 0 Å². The third kappa shape index (κ3) is 2.34. The van der Waals surface area contributed by atoms with Crippen molar-refractivity contribution in [2.24, 2.45) is 17.6 Å². The summed E-state index contributed by atoms with van der Waals surface area (Å²) in [6.07, 6.45) is 0.0838. The van der Waals surface area contributed by atoms with Crippen LogP contribution in [0.3, 0.4) is 0 Å². The molecule has 76 valence electrons. The standard InChI is InChI=1S/C9H18N2O2/c1-6-5-11(9(12)13)4-3-8(6)7(2)10/h6-8H,3-5,10H2,1-2H3,(H,12,13)/t6-,7?,8+/m0/s1. The molecule has 1 saturated heterocycles. The van der Waals surface area contributed by atoms with Gasteiger partial charge in [0.2, 0.25) is 0 Å². The molecule has 1 rings (SSSR count).